The third-order valence-electron chi connectivity index (χ3n) is 1.91. The van der Waals surface area contributed by atoms with Crippen molar-refractivity contribution in [3.8, 4) is 0 Å². The fourth-order valence-electron chi connectivity index (χ4n) is 1.26. The fourth-order valence-corrected chi connectivity index (χ4v) is 2.39. The molecule has 0 fully saturated rings. The molecule has 0 aliphatic heterocycles. The van der Waals surface area contributed by atoms with Crippen LogP contribution in [0.3, 0.4) is 0 Å². The second-order valence-corrected chi connectivity index (χ2v) is 5.38. The van der Waals surface area contributed by atoms with Gasteiger partial charge in [-0.3, -0.25) is 0 Å². The van der Waals surface area contributed by atoms with Crippen LogP contribution in [0.4, 0.5) is 4.39 Å². The third-order valence-corrected chi connectivity index (χ3v) is 3.33. The monoisotopic (exact) mass is 303 g/mol. The maximum Gasteiger partial charge on any atom is 0.124 e. The molecule has 0 bridgehead atoms. The van der Waals surface area contributed by atoms with Gasteiger partial charge in [-0.05, 0) is 23.8 Å². The second-order valence-electron chi connectivity index (χ2n) is 3.32. The first-order chi connectivity index (χ1) is 7.72. The largest absolute Gasteiger partial charge is 0.312 e. The number of hydrogen-bond acceptors (Lipinski definition) is 2. The minimum absolute atomic E-state index is 0.202. The van der Waals surface area contributed by atoms with Crippen molar-refractivity contribution in [2.75, 3.05) is 18.1 Å². The summed E-state index contributed by atoms with van der Waals surface area (Å²) in [6.45, 7) is 5.28. The van der Waals surface area contributed by atoms with E-state index in [0.717, 1.165) is 28.1 Å². The van der Waals surface area contributed by atoms with Crippen molar-refractivity contribution in [3.05, 3.63) is 46.7 Å². The van der Waals surface area contributed by atoms with Crippen LogP contribution in [0.25, 0.3) is 0 Å². The summed E-state index contributed by atoms with van der Waals surface area (Å²) in [6, 6.07) is 4.94. The lowest BCUT2D eigenvalue weighted by molar-refractivity contribution is 0.621. The van der Waals surface area contributed by atoms with Crippen molar-refractivity contribution in [2.45, 2.75) is 6.54 Å². The van der Waals surface area contributed by atoms with Gasteiger partial charge in [-0.15, -0.1) is 6.58 Å². The second kappa shape index (κ2) is 7.87. The number of thioether (sulfide) groups is 1. The van der Waals surface area contributed by atoms with Crippen molar-refractivity contribution < 1.29 is 4.39 Å². The van der Waals surface area contributed by atoms with Gasteiger partial charge in [0.05, 0.1) is 0 Å². The van der Waals surface area contributed by atoms with Crippen LogP contribution in [0.1, 0.15) is 5.56 Å². The zero-order chi connectivity index (χ0) is 11.8. The Balaban J connectivity index is 2.23. The van der Waals surface area contributed by atoms with Crippen LogP contribution < -0.4 is 5.32 Å². The molecule has 88 valence electrons. The summed E-state index contributed by atoms with van der Waals surface area (Å²) in [6.07, 6.45) is 1.90. The topological polar surface area (TPSA) is 12.0 Å². The Morgan fingerprint density at radius 3 is 2.94 bits per heavy atom. The molecule has 0 saturated heterocycles. The number of rotatable bonds is 7. The van der Waals surface area contributed by atoms with E-state index in [9.17, 15) is 4.39 Å². The van der Waals surface area contributed by atoms with Crippen LogP contribution in [-0.4, -0.2) is 18.1 Å². The Bertz CT molecular complexity index is 324. The highest BCUT2D eigenvalue weighted by atomic mass is 79.9. The highest BCUT2D eigenvalue weighted by molar-refractivity contribution is 9.10. The Morgan fingerprint density at radius 1 is 1.44 bits per heavy atom. The lowest BCUT2D eigenvalue weighted by atomic mass is 10.2. The first-order valence-electron chi connectivity index (χ1n) is 5.06. The molecule has 0 saturated carbocycles. The van der Waals surface area contributed by atoms with Gasteiger partial charge in [0.1, 0.15) is 5.82 Å². The van der Waals surface area contributed by atoms with E-state index >= 15 is 0 Å². The summed E-state index contributed by atoms with van der Waals surface area (Å²) >= 11 is 5.10. The quantitative estimate of drug-likeness (QED) is 0.610. The van der Waals surface area contributed by atoms with E-state index in [1.54, 1.807) is 6.07 Å². The van der Waals surface area contributed by atoms with Crippen molar-refractivity contribution in [1.29, 1.82) is 0 Å². The standard InChI is InChI=1S/C12H15BrFNS/c1-2-4-16-5-3-15-9-10-6-11(13)8-12(14)7-10/h2,6-8,15H,1,3-5,9H2. The highest BCUT2D eigenvalue weighted by Gasteiger charge is 1.98. The van der Waals surface area contributed by atoms with Crippen LogP contribution >= 0.6 is 27.7 Å². The van der Waals surface area contributed by atoms with E-state index < -0.39 is 0 Å². The lowest BCUT2D eigenvalue weighted by Crippen LogP contribution is -2.16. The minimum atomic E-state index is -0.202. The van der Waals surface area contributed by atoms with E-state index in [1.165, 1.54) is 6.07 Å². The van der Waals surface area contributed by atoms with E-state index in [0.29, 0.717) is 6.54 Å². The smallest absolute Gasteiger partial charge is 0.124 e. The molecule has 0 spiro atoms. The summed E-state index contributed by atoms with van der Waals surface area (Å²) in [5.74, 6) is 1.82. The fraction of sp³-hybridized carbons (Fsp3) is 0.333. The summed E-state index contributed by atoms with van der Waals surface area (Å²) in [7, 11) is 0. The van der Waals surface area contributed by atoms with Gasteiger partial charge in [0.15, 0.2) is 0 Å². The number of benzene rings is 1. The normalized spacial score (nSPS) is 10.4. The number of nitrogens with one attached hydrogen (secondary N) is 1. The van der Waals surface area contributed by atoms with Crippen molar-refractivity contribution in [3.63, 3.8) is 0 Å². The average Bonchev–Trinajstić information content (AvgIpc) is 2.22. The van der Waals surface area contributed by atoms with Crippen LogP contribution in [-0.2, 0) is 6.54 Å². The van der Waals surface area contributed by atoms with Gasteiger partial charge >= 0.3 is 0 Å². The molecule has 16 heavy (non-hydrogen) atoms. The molecule has 0 amide bonds. The lowest BCUT2D eigenvalue weighted by Gasteiger charge is -2.05. The summed E-state index contributed by atoms with van der Waals surface area (Å²) in [5, 5.41) is 3.27. The van der Waals surface area contributed by atoms with E-state index in [2.05, 4.69) is 27.8 Å². The minimum Gasteiger partial charge on any atom is -0.312 e. The summed E-state index contributed by atoms with van der Waals surface area (Å²) < 4.78 is 13.8. The van der Waals surface area contributed by atoms with Gasteiger partial charge in [-0.2, -0.15) is 11.8 Å². The van der Waals surface area contributed by atoms with Crippen LogP contribution in [0, 0.1) is 5.82 Å². The highest BCUT2D eigenvalue weighted by Crippen LogP contribution is 2.14. The molecule has 1 N–H and O–H groups in total. The van der Waals surface area contributed by atoms with Gasteiger partial charge in [0.2, 0.25) is 0 Å². The number of hydrogen-bond donors (Lipinski definition) is 1. The van der Waals surface area contributed by atoms with E-state index in [-0.39, 0.29) is 5.82 Å². The zero-order valence-corrected chi connectivity index (χ0v) is 11.4. The molecule has 0 atom stereocenters. The molecular formula is C12H15BrFNS. The Labute approximate surface area is 109 Å². The van der Waals surface area contributed by atoms with Gasteiger partial charge in [0, 0.05) is 29.1 Å². The first-order valence-corrected chi connectivity index (χ1v) is 7.01. The molecule has 4 heteroatoms. The van der Waals surface area contributed by atoms with Crippen molar-refractivity contribution >= 4 is 27.7 Å². The van der Waals surface area contributed by atoms with E-state index in [1.807, 2.05) is 23.9 Å². The van der Waals surface area contributed by atoms with Crippen molar-refractivity contribution in [1.82, 2.24) is 5.32 Å². The molecule has 0 radical (unpaired) electrons. The zero-order valence-electron chi connectivity index (χ0n) is 9.01. The van der Waals surface area contributed by atoms with Gasteiger partial charge < -0.3 is 5.32 Å². The molecule has 1 aromatic carbocycles. The number of halogens is 2. The molecule has 0 aromatic heterocycles. The van der Waals surface area contributed by atoms with Crippen LogP contribution in [0.2, 0.25) is 0 Å². The average molecular weight is 304 g/mol. The maximum atomic E-state index is 13.0. The predicted molar refractivity (Wildman–Crippen MR) is 73.3 cm³/mol. The Kier molecular flexibility index (Phi) is 6.76. The molecule has 0 aliphatic rings. The van der Waals surface area contributed by atoms with Gasteiger partial charge in [-0.25, -0.2) is 4.39 Å². The summed E-state index contributed by atoms with van der Waals surface area (Å²) in [5.41, 5.74) is 0.959. The maximum absolute atomic E-state index is 13.0. The molecule has 1 aromatic rings. The van der Waals surface area contributed by atoms with Crippen LogP contribution in [0.5, 0.6) is 0 Å². The Morgan fingerprint density at radius 2 is 2.25 bits per heavy atom. The van der Waals surface area contributed by atoms with E-state index in [4.69, 9.17) is 0 Å². The van der Waals surface area contributed by atoms with Gasteiger partial charge in [-0.1, -0.05) is 22.0 Å². The molecule has 0 unspecified atom stereocenters. The first kappa shape index (κ1) is 13.7. The molecule has 0 aliphatic carbocycles. The van der Waals surface area contributed by atoms with Crippen molar-refractivity contribution in [2.24, 2.45) is 0 Å². The molecule has 0 heterocycles. The molecular weight excluding hydrogens is 289 g/mol. The SMILES string of the molecule is C=CCSCCNCc1cc(F)cc(Br)c1. The third kappa shape index (κ3) is 5.68. The summed E-state index contributed by atoms with van der Waals surface area (Å²) in [4.78, 5) is 0. The van der Waals surface area contributed by atoms with Gasteiger partial charge in [0.25, 0.3) is 0 Å². The Hall–Kier alpha value is -0.320. The molecule has 1 rings (SSSR count). The molecule has 1 nitrogen and oxygen atoms in total. The van der Waals surface area contributed by atoms with Crippen LogP contribution in [0.15, 0.2) is 35.3 Å². The predicted octanol–water partition coefficient (Wildman–Crippen LogP) is 3.60.